The summed E-state index contributed by atoms with van der Waals surface area (Å²) in [4.78, 5) is 14.2. The maximum atomic E-state index is 4.73. The molecule has 3 nitrogen and oxygen atoms in total. The summed E-state index contributed by atoms with van der Waals surface area (Å²) in [7, 11) is 0. The smallest absolute Gasteiger partial charge is 0.164 e. The predicted octanol–water partition coefficient (Wildman–Crippen LogP) is 5.79. The van der Waals surface area contributed by atoms with Gasteiger partial charge in [-0.1, -0.05) is 72.3 Å². The quantitative estimate of drug-likeness (QED) is 0.372. The molecule has 4 heteroatoms. The van der Waals surface area contributed by atoms with E-state index >= 15 is 0 Å². The molecule has 0 aliphatic carbocycles. The Kier molecular flexibility index (Phi) is 4.75. The van der Waals surface area contributed by atoms with E-state index in [1.165, 1.54) is 9.13 Å². The van der Waals surface area contributed by atoms with E-state index in [-0.39, 0.29) is 0 Å². The molecule has 0 amide bonds. The molecule has 3 aromatic carbocycles. The molecule has 1 aromatic heterocycles. The maximum absolute atomic E-state index is 4.73. The van der Waals surface area contributed by atoms with Crippen LogP contribution in [0.3, 0.4) is 0 Å². The first-order valence-corrected chi connectivity index (χ1v) is 9.41. The van der Waals surface area contributed by atoms with Gasteiger partial charge in [-0.2, -0.15) is 0 Å². The average molecular weight is 449 g/mol. The molecule has 0 aliphatic rings. The monoisotopic (exact) mass is 449 g/mol. The molecular formula is C22H16IN3. The number of halogens is 1. The molecule has 0 saturated heterocycles. The van der Waals surface area contributed by atoms with Gasteiger partial charge in [0.1, 0.15) is 0 Å². The summed E-state index contributed by atoms with van der Waals surface area (Å²) in [5.41, 5.74) is 4.17. The van der Waals surface area contributed by atoms with Crippen molar-refractivity contribution in [3.8, 4) is 34.2 Å². The third-order valence-corrected chi connectivity index (χ3v) is 4.80. The zero-order valence-corrected chi connectivity index (χ0v) is 16.4. The summed E-state index contributed by atoms with van der Waals surface area (Å²) in [6.45, 7) is 2.07. The van der Waals surface area contributed by atoms with Crippen LogP contribution in [0.5, 0.6) is 0 Å². The van der Waals surface area contributed by atoms with E-state index in [9.17, 15) is 0 Å². The second-order valence-electron chi connectivity index (χ2n) is 6.05. The van der Waals surface area contributed by atoms with E-state index in [1.54, 1.807) is 0 Å². The second kappa shape index (κ2) is 7.33. The van der Waals surface area contributed by atoms with Gasteiger partial charge in [-0.3, -0.25) is 0 Å². The highest BCUT2D eigenvalue weighted by atomic mass is 127. The van der Waals surface area contributed by atoms with Crippen LogP contribution in [0, 0.1) is 10.5 Å². The highest BCUT2D eigenvalue weighted by Gasteiger charge is 2.11. The number of benzene rings is 3. The summed E-state index contributed by atoms with van der Waals surface area (Å²) < 4.78 is 1.18. The Bertz CT molecular complexity index is 963. The van der Waals surface area contributed by atoms with Gasteiger partial charge in [0.25, 0.3) is 0 Å². The van der Waals surface area contributed by atoms with Gasteiger partial charge in [-0.25, -0.2) is 15.0 Å². The van der Waals surface area contributed by atoms with Gasteiger partial charge >= 0.3 is 0 Å². The van der Waals surface area contributed by atoms with Crippen LogP contribution in [-0.4, -0.2) is 15.0 Å². The molecular weight excluding hydrogens is 433 g/mol. The van der Waals surface area contributed by atoms with E-state index in [4.69, 9.17) is 15.0 Å². The highest BCUT2D eigenvalue weighted by molar-refractivity contribution is 14.1. The molecule has 0 bridgehead atoms. The fourth-order valence-corrected chi connectivity index (χ4v) is 3.01. The number of hydrogen-bond acceptors (Lipinski definition) is 3. The lowest BCUT2D eigenvalue weighted by Gasteiger charge is -2.08. The first-order valence-electron chi connectivity index (χ1n) is 8.33. The molecule has 4 rings (SSSR count). The lowest BCUT2D eigenvalue weighted by atomic mass is 10.1. The summed E-state index contributed by atoms with van der Waals surface area (Å²) in [6.07, 6.45) is 0. The fourth-order valence-electron chi connectivity index (χ4n) is 2.65. The molecule has 0 atom stereocenters. The summed E-state index contributed by atoms with van der Waals surface area (Å²) in [5, 5.41) is 0. The van der Waals surface area contributed by atoms with Crippen LogP contribution in [0.25, 0.3) is 34.2 Å². The molecule has 26 heavy (non-hydrogen) atoms. The zero-order chi connectivity index (χ0) is 17.9. The van der Waals surface area contributed by atoms with E-state index in [0.29, 0.717) is 17.5 Å². The Morgan fingerprint density at radius 2 is 0.962 bits per heavy atom. The number of aromatic nitrogens is 3. The topological polar surface area (TPSA) is 38.7 Å². The van der Waals surface area contributed by atoms with E-state index in [0.717, 1.165) is 16.7 Å². The lowest BCUT2D eigenvalue weighted by molar-refractivity contribution is 1.07. The van der Waals surface area contributed by atoms with Gasteiger partial charge in [-0.05, 0) is 41.6 Å². The average Bonchev–Trinajstić information content (AvgIpc) is 2.69. The molecule has 0 fully saturated rings. The Balaban J connectivity index is 1.89. The Morgan fingerprint density at radius 1 is 0.538 bits per heavy atom. The third kappa shape index (κ3) is 3.65. The van der Waals surface area contributed by atoms with Gasteiger partial charge in [0, 0.05) is 20.3 Å². The molecule has 0 spiro atoms. The molecule has 126 valence electrons. The standard InChI is InChI=1S/C22H16IN3/c1-15-7-9-17(10-8-15)21-24-20(16-5-3-2-4-6-16)25-22(26-21)18-11-13-19(23)14-12-18/h2-14H,1H3. The first-order chi connectivity index (χ1) is 12.7. The van der Waals surface area contributed by atoms with Gasteiger partial charge in [0.05, 0.1) is 0 Å². The van der Waals surface area contributed by atoms with Crippen molar-refractivity contribution < 1.29 is 0 Å². The van der Waals surface area contributed by atoms with E-state index < -0.39 is 0 Å². The Morgan fingerprint density at radius 3 is 1.46 bits per heavy atom. The van der Waals surface area contributed by atoms with Crippen molar-refractivity contribution in [2.24, 2.45) is 0 Å². The third-order valence-electron chi connectivity index (χ3n) is 4.08. The van der Waals surface area contributed by atoms with Gasteiger partial charge < -0.3 is 0 Å². The van der Waals surface area contributed by atoms with Crippen molar-refractivity contribution >= 4 is 22.6 Å². The molecule has 0 aliphatic heterocycles. The van der Waals surface area contributed by atoms with Crippen LogP contribution in [-0.2, 0) is 0 Å². The van der Waals surface area contributed by atoms with Crippen molar-refractivity contribution in [3.05, 3.63) is 88.0 Å². The van der Waals surface area contributed by atoms with Crippen LogP contribution in [0.15, 0.2) is 78.9 Å². The number of rotatable bonds is 3. The zero-order valence-electron chi connectivity index (χ0n) is 14.2. The normalized spacial score (nSPS) is 10.7. The second-order valence-corrected chi connectivity index (χ2v) is 7.29. The molecule has 0 unspecified atom stereocenters. The van der Waals surface area contributed by atoms with Crippen molar-refractivity contribution in [1.29, 1.82) is 0 Å². The summed E-state index contributed by atoms with van der Waals surface area (Å²) >= 11 is 2.30. The van der Waals surface area contributed by atoms with E-state index in [1.807, 2.05) is 42.5 Å². The van der Waals surface area contributed by atoms with Crippen molar-refractivity contribution in [2.75, 3.05) is 0 Å². The molecule has 0 radical (unpaired) electrons. The summed E-state index contributed by atoms with van der Waals surface area (Å²) in [6, 6.07) is 26.5. The Hall–Kier alpha value is -2.60. The highest BCUT2D eigenvalue weighted by Crippen LogP contribution is 2.25. The van der Waals surface area contributed by atoms with Gasteiger partial charge in [0.15, 0.2) is 17.5 Å². The Labute approximate surface area is 166 Å². The number of nitrogens with zero attached hydrogens (tertiary/aromatic N) is 3. The molecule has 0 N–H and O–H groups in total. The molecule has 0 saturated carbocycles. The number of aryl methyl sites for hydroxylation is 1. The van der Waals surface area contributed by atoms with Crippen molar-refractivity contribution in [2.45, 2.75) is 6.92 Å². The van der Waals surface area contributed by atoms with Crippen LogP contribution >= 0.6 is 22.6 Å². The van der Waals surface area contributed by atoms with Gasteiger partial charge in [0.2, 0.25) is 0 Å². The largest absolute Gasteiger partial charge is 0.208 e. The minimum atomic E-state index is 0.685. The maximum Gasteiger partial charge on any atom is 0.164 e. The number of hydrogen-bond donors (Lipinski definition) is 0. The summed E-state index contributed by atoms with van der Waals surface area (Å²) in [5.74, 6) is 2.06. The van der Waals surface area contributed by atoms with Crippen molar-refractivity contribution in [3.63, 3.8) is 0 Å². The van der Waals surface area contributed by atoms with E-state index in [2.05, 4.69) is 65.9 Å². The SMILES string of the molecule is Cc1ccc(-c2nc(-c3ccccc3)nc(-c3ccc(I)cc3)n2)cc1. The fraction of sp³-hybridized carbons (Fsp3) is 0.0455. The minimum Gasteiger partial charge on any atom is -0.208 e. The predicted molar refractivity (Wildman–Crippen MR) is 114 cm³/mol. The van der Waals surface area contributed by atoms with Crippen LogP contribution in [0.4, 0.5) is 0 Å². The van der Waals surface area contributed by atoms with Crippen molar-refractivity contribution in [1.82, 2.24) is 15.0 Å². The van der Waals surface area contributed by atoms with Crippen LogP contribution in [0.1, 0.15) is 5.56 Å². The molecule has 1 heterocycles. The minimum absolute atomic E-state index is 0.685. The lowest BCUT2D eigenvalue weighted by Crippen LogP contribution is -2.00. The van der Waals surface area contributed by atoms with Gasteiger partial charge in [-0.15, -0.1) is 0 Å². The first kappa shape index (κ1) is 16.8. The van der Waals surface area contributed by atoms with Crippen LogP contribution < -0.4 is 0 Å². The van der Waals surface area contributed by atoms with Crippen LogP contribution in [0.2, 0.25) is 0 Å². The molecule has 4 aromatic rings.